The number of hydrogen-bond donors (Lipinski definition) is 0. The zero-order valence-corrected chi connectivity index (χ0v) is 15.4. The van der Waals surface area contributed by atoms with Crippen LogP contribution in [0.2, 0.25) is 0 Å². The van der Waals surface area contributed by atoms with Crippen molar-refractivity contribution in [3.8, 4) is 0 Å². The lowest BCUT2D eigenvalue weighted by molar-refractivity contribution is -0.117. The number of Topliss-reactive ketones (excluding diaryl/α,β-unsaturated/α-hetero) is 1. The summed E-state index contributed by atoms with van der Waals surface area (Å²) in [5.74, 6) is 0.253. The first kappa shape index (κ1) is 21.7. The molecule has 144 valence electrons. The van der Waals surface area contributed by atoms with Crippen molar-refractivity contribution >= 4 is 5.78 Å². The lowest BCUT2D eigenvalue weighted by Gasteiger charge is -2.05. The smallest absolute Gasteiger partial charge is 0.129 e. The van der Waals surface area contributed by atoms with Crippen LogP contribution in [0.5, 0.6) is 0 Å². The molecule has 1 heterocycles. The molecule has 25 heavy (non-hydrogen) atoms. The molecule has 0 unspecified atom stereocenters. The molecule has 0 atom stereocenters. The Hall–Kier alpha value is -1.35. The molecule has 0 amide bonds. The summed E-state index contributed by atoms with van der Waals surface area (Å²) >= 11 is 0. The third-order valence-electron chi connectivity index (χ3n) is 3.43. The topological polar surface area (TPSA) is 84.7 Å². The highest BCUT2D eigenvalue weighted by Gasteiger charge is 2.01. The maximum absolute atomic E-state index is 10.9. The second kappa shape index (κ2) is 14.9. The standard InChI is InChI=1S/C17H31N3O5/c1-16(21)6-4-3-5-7-20-14-17(18-19-20)15-25-13-12-24-11-10-23-9-8-22-2/h14H,3-13,15H2,1-2H3. The molecule has 1 rings (SSSR count). The lowest BCUT2D eigenvalue weighted by Crippen LogP contribution is -2.11. The Morgan fingerprint density at radius 2 is 1.68 bits per heavy atom. The Labute approximate surface area is 149 Å². The van der Waals surface area contributed by atoms with Gasteiger partial charge in [0.05, 0.1) is 52.4 Å². The Kier molecular flexibility index (Phi) is 13.0. The normalized spacial score (nSPS) is 11.1. The Bertz CT molecular complexity index is 453. The van der Waals surface area contributed by atoms with Crippen LogP contribution in [0.1, 0.15) is 38.3 Å². The number of ketones is 1. The van der Waals surface area contributed by atoms with Gasteiger partial charge in [0.15, 0.2) is 0 Å². The van der Waals surface area contributed by atoms with Crippen molar-refractivity contribution in [2.24, 2.45) is 0 Å². The maximum Gasteiger partial charge on any atom is 0.129 e. The summed E-state index contributed by atoms with van der Waals surface area (Å²) in [5.41, 5.74) is 0.812. The fourth-order valence-electron chi connectivity index (χ4n) is 2.10. The van der Waals surface area contributed by atoms with Crippen molar-refractivity contribution in [2.45, 2.75) is 45.8 Å². The van der Waals surface area contributed by atoms with Crippen molar-refractivity contribution in [1.29, 1.82) is 0 Å². The summed E-state index contributed by atoms with van der Waals surface area (Å²) in [5, 5.41) is 8.15. The van der Waals surface area contributed by atoms with Gasteiger partial charge < -0.3 is 23.7 Å². The molecule has 0 radical (unpaired) electrons. The first-order valence-electron chi connectivity index (χ1n) is 8.83. The van der Waals surface area contributed by atoms with Crippen molar-refractivity contribution < 1.29 is 23.7 Å². The fraction of sp³-hybridized carbons (Fsp3) is 0.824. The molecule has 1 aromatic rings. The van der Waals surface area contributed by atoms with Crippen molar-refractivity contribution in [2.75, 3.05) is 46.8 Å². The van der Waals surface area contributed by atoms with Crippen LogP contribution in [0.15, 0.2) is 6.20 Å². The molecule has 0 aromatic carbocycles. The molecule has 0 bridgehead atoms. The summed E-state index contributed by atoms with van der Waals surface area (Å²) in [4.78, 5) is 10.9. The van der Waals surface area contributed by atoms with E-state index in [0.29, 0.717) is 52.7 Å². The molecular formula is C17H31N3O5. The summed E-state index contributed by atoms with van der Waals surface area (Å²) in [6, 6.07) is 0. The number of carbonyl (C=O) groups excluding carboxylic acids is 1. The molecule has 0 aliphatic rings. The summed E-state index contributed by atoms with van der Waals surface area (Å²) < 4.78 is 22.9. The van der Waals surface area contributed by atoms with Crippen molar-refractivity contribution in [1.82, 2.24) is 15.0 Å². The third kappa shape index (κ3) is 12.6. The Morgan fingerprint density at radius 3 is 2.36 bits per heavy atom. The monoisotopic (exact) mass is 357 g/mol. The predicted octanol–water partition coefficient (Wildman–Crippen LogP) is 1.62. The van der Waals surface area contributed by atoms with Gasteiger partial charge in [-0.15, -0.1) is 5.10 Å². The second-order valence-electron chi connectivity index (χ2n) is 5.76. The maximum atomic E-state index is 10.9. The van der Waals surface area contributed by atoms with Crippen LogP contribution in [0, 0.1) is 0 Å². The molecule has 0 saturated carbocycles. The van der Waals surface area contributed by atoms with Crippen LogP contribution in [0.4, 0.5) is 0 Å². The van der Waals surface area contributed by atoms with Gasteiger partial charge >= 0.3 is 0 Å². The van der Waals surface area contributed by atoms with E-state index in [1.807, 2.05) is 10.9 Å². The highest BCUT2D eigenvalue weighted by molar-refractivity contribution is 5.75. The molecule has 0 saturated heterocycles. The van der Waals surface area contributed by atoms with E-state index in [1.165, 1.54) is 0 Å². The van der Waals surface area contributed by atoms with E-state index in [4.69, 9.17) is 18.9 Å². The van der Waals surface area contributed by atoms with Gasteiger partial charge in [-0.3, -0.25) is 4.68 Å². The molecule has 0 aliphatic carbocycles. The van der Waals surface area contributed by atoms with Gasteiger partial charge in [0, 0.05) is 20.1 Å². The van der Waals surface area contributed by atoms with Crippen LogP contribution >= 0.6 is 0 Å². The average Bonchev–Trinajstić information content (AvgIpc) is 3.04. The molecular weight excluding hydrogens is 326 g/mol. The van der Waals surface area contributed by atoms with Gasteiger partial charge in [0.1, 0.15) is 11.5 Å². The third-order valence-corrected chi connectivity index (χ3v) is 3.43. The first-order valence-corrected chi connectivity index (χ1v) is 8.83. The number of aryl methyl sites for hydroxylation is 1. The summed E-state index contributed by atoms with van der Waals surface area (Å²) in [7, 11) is 1.65. The number of rotatable bonds is 17. The lowest BCUT2D eigenvalue weighted by atomic mass is 10.1. The molecule has 0 spiro atoms. The zero-order valence-electron chi connectivity index (χ0n) is 15.4. The molecule has 8 nitrogen and oxygen atoms in total. The number of methoxy groups -OCH3 is 1. The van der Waals surface area contributed by atoms with Gasteiger partial charge in [0.2, 0.25) is 0 Å². The molecule has 0 fully saturated rings. The molecule has 0 N–H and O–H groups in total. The van der Waals surface area contributed by atoms with Gasteiger partial charge in [-0.2, -0.15) is 0 Å². The van der Waals surface area contributed by atoms with E-state index < -0.39 is 0 Å². The fourth-order valence-corrected chi connectivity index (χ4v) is 2.10. The van der Waals surface area contributed by atoms with Crippen LogP contribution < -0.4 is 0 Å². The van der Waals surface area contributed by atoms with Crippen LogP contribution in [0.3, 0.4) is 0 Å². The quantitative estimate of drug-likeness (QED) is 0.392. The van der Waals surface area contributed by atoms with Gasteiger partial charge in [-0.25, -0.2) is 0 Å². The molecule has 1 aromatic heterocycles. The Balaban J connectivity index is 1.94. The summed E-state index contributed by atoms with van der Waals surface area (Å²) in [6.07, 6.45) is 5.53. The number of ether oxygens (including phenoxy) is 4. The number of hydrogen-bond acceptors (Lipinski definition) is 7. The van der Waals surface area contributed by atoms with E-state index in [1.54, 1.807) is 14.0 Å². The van der Waals surface area contributed by atoms with Crippen LogP contribution in [0.25, 0.3) is 0 Å². The Morgan fingerprint density at radius 1 is 1.00 bits per heavy atom. The van der Waals surface area contributed by atoms with E-state index in [0.717, 1.165) is 31.5 Å². The SMILES string of the molecule is COCCOCCOCCOCc1cn(CCCCCC(C)=O)nn1. The highest BCUT2D eigenvalue weighted by atomic mass is 16.6. The minimum Gasteiger partial charge on any atom is -0.382 e. The van der Waals surface area contributed by atoms with Crippen molar-refractivity contribution in [3.63, 3.8) is 0 Å². The number of unbranched alkanes of at least 4 members (excludes halogenated alkanes) is 2. The van der Waals surface area contributed by atoms with Crippen LogP contribution in [-0.4, -0.2) is 67.5 Å². The van der Waals surface area contributed by atoms with Gasteiger partial charge in [-0.1, -0.05) is 11.6 Å². The van der Waals surface area contributed by atoms with E-state index >= 15 is 0 Å². The minimum atomic E-state index is 0.253. The first-order chi connectivity index (χ1) is 12.2. The number of nitrogens with zero attached hydrogens (tertiary/aromatic N) is 3. The number of carbonyl (C=O) groups is 1. The minimum absolute atomic E-state index is 0.253. The predicted molar refractivity (Wildman–Crippen MR) is 92.3 cm³/mol. The van der Waals surface area contributed by atoms with Gasteiger partial charge in [-0.05, 0) is 19.8 Å². The zero-order chi connectivity index (χ0) is 18.2. The highest BCUT2D eigenvalue weighted by Crippen LogP contribution is 2.03. The second-order valence-corrected chi connectivity index (χ2v) is 5.76. The number of aromatic nitrogens is 3. The molecule has 0 aliphatic heterocycles. The average molecular weight is 357 g/mol. The van der Waals surface area contributed by atoms with E-state index in [2.05, 4.69) is 10.3 Å². The van der Waals surface area contributed by atoms with E-state index in [-0.39, 0.29) is 5.78 Å². The molecule has 8 heteroatoms. The summed E-state index contributed by atoms with van der Waals surface area (Å²) in [6.45, 7) is 6.20. The van der Waals surface area contributed by atoms with E-state index in [9.17, 15) is 4.79 Å². The van der Waals surface area contributed by atoms with Crippen molar-refractivity contribution in [3.05, 3.63) is 11.9 Å². The van der Waals surface area contributed by atoms with Crippen LogP contribution in [-0.2, 0) is 36.9 Å². The largest absolute Gasteiger partial charge is 0.382 e. The van der Waals surface area contributed by atoms with Gasteiger partial charge in [0.25, 0.3) is 0 Å².